The first-order valence-electron chi connectivity index (χ1n) is 38.1. The number of aliphatic hydroxyl groups excluding tert-OH is 1. The molecule has 0 saturated carbocycles. The van der Waals surface area contributed by atoms with Crippen molar-refractivity contribution in [1.29, 1.82) is 0 Å². The van der Waals surface area contributed by atoms with Gasteiger partial charge >= 0.3 is 39.5 Å². The molecule has 0 heterocycles. The van der Waals surface area contributed by atoms with Crippen LogP contribution in [-0.2, 0) is 65.4 Å². The lowest BCUT2D eigenvalue weighted by molar-refractivity contribution is -0.161. The molecule has 2 unspecified atom stereocenters. The van der Waals surface area contributed by atoms with Gasteiger partial charge in [0.25, 0.3) is 0 Å². The standard InChI is InChI=1S/C73H142O17P2/c1-6-9-12-15-18-21-23-24-25-26-27-28-29-30-33-39-44-49-54-59-73(78)90-69(63-84-71(76)57-52-47-42-38-34-31-32-36-40-45-50-55-66(4)5)65-88-92(81,82)86-61-67(74)60-85-91(79,80)87-64-68(62-83-70(75)56-51-46-41-35-20-17-14-11-8-3)89-72(77)58-53-48-43-37-22-19-16-13-10-7-2/h66-69,74H,6-65H2,1-5H3,(H,79,80)(H,81,82)/t67-,68+,69+/m0/s1. The lowest BCUT2D eigenvalue weighted by Gasteiger charge is -2.21. The molecule has 5 atom stereocenters. The average molecular weight is 1350 g/mol. The molecular formula is C73H142O17P2. The molecule has 92 heavy (non-hydrogen) atoms. The lowest BCUT2D eigenvalue weighted by Crippen LogP contribution is -2.30. The molecule has 546 valence electrons. The Kier molecular flexibility index (Phi) is 64.9. The molecule has 0 aliphatic heterocycles. The van der Waals surface area contributed by atoms with Crippen molar-refractivity contribution in [3.63, 3.8) is 0 Å². The maximum atomic E-state index is 13.1. The van der Waals surface area contributed by atoms with Gasteiger partial charge < -0.3 is 33.8 Å². The van der Waals surface area contributed by atoms with E-state index in [2.05, 4.69) is 34.6 Å². The second kappa shape index (κ2) is 66.3. The second-order valence-corrected chi connectivity index (χ2v) is 29.7. The summed E-state index contributed by atoms with van der Waals surface area (Å²) in [5.41, 5.74) is 0. The van der Waals surface area contributed by atoms with E-state index in [0.717, 1.165) is 95.8 Å². The zero-order valence-electron chi connectivity index (χ0n) is 59.7. The highest BCUT2D eigenvalue weighted by atomic mass is 31.2. The molecule has 0 spiro atoms. The van der Waals surface area contributed by atoms with Crippen LogP contribution in [0.25, 0.3) is 0 Å². The van der Waals surface area contributed by atoms with Gasteiger partial charge in [0.15, 0.2) is 12.2 Å². The number of unbranched alkanes of at least 4 members (excludes halogenated alkanes) is 45. The van der Waals surface area contributed by atoms with Gasteiger partial charge in [-0.1, -0.05) is 330 Å². The maximum absolute atomic E-state index is 13.1. The Balaban J connectivity index is 5.20. The smallest absolute Gasteiger partial charge is 0.462 e. The first-order chi connectivity index (χ1) is 44.5. The summed E-state index contributed by atoms with van der Waals surface area (Å²) in [7, 11) is -9.90. The second-order valence-electron chi connectivity index (χ2n) is 26.8. The SMILES string of the molecule is CCCCCCCCCCCCCCCCCCCCCC(=O)O[C@H](COC(=O)CCCCCCCCCCCCCC(C)C)COP(=O)(O)OC[C@@H](O)COP(=O)(O)OC[C@@H](COC(=O)CCCCCCCCCCC)OC(=O)CCCCCCCCCCCC. The number of phosphoric acid groups is 2. The predicted molar refractivity (Wildman–Crippen MR) is 372 cm³/mol. The summed E-state index contributed by atoms with van der Waals surface area (Å²) < 4.78 is 68.3. The minimum atomic E-state index is -4.95. The lowest BCUT2D eigenvalue weighted by atomic mass is 10.0. The topological polar surface area (TPSA) is 237 Å². The average Bonchev–Trinajstić information content (AvgIpc) is 2.02. The van der Waals surface area contributed by atoms with E-state index in [1.807, 2.05) is 0 Å². The summed E-state index contributed by atoms with van der Waals surface area (Å²) in [5.74, 6) is -1.35. The molecule has 0 amide bonds. The van der Waals surface area contributed by atoms with Gasteiger partial charge in [-0.2, -0.15) is 0 Å². The first kappa shape index (κ1) is 90.1. The highest BCUT2D eigenvalue weighted by Gasteiger charge is 2.30. The van der Waals surface area contributed by atoms with E-state index >= 15 is 0 Å². The number of hydrogen-bond acceptors (Lipinski definition) is 15. The molecule has 0 bridgehead atoms. The zero-order valence-corrected chi connectivity index (χ0v) is 61.5. The van der Waals surface area contributed by atoms with Crippen LogP contribution in [0.1, 0.15) is 381 Å². The van der Waals surface area contributed by atoms with E-state index in [1.54, 1.807) is 0 Å². The fourth-order valence-corrected chi connectivity index (χ4v) is 12.8. The summed E-state index contributed by atoms with van der Waals surface area (Å²) in [5, 5.41) is 10.6. The van der Waals surface area contributed by atoms with Crippen molar-refractivity contribution in [1.82, 2.24) is 0 Å². The fraction of sp³-hybridized carbons (Fsp3) is 0.945. The van der Waals surface area contributed by atoms with Crippen LogP contribution in [0, 0.1) is 5.92 Å². The molecule has 0 aliphatic rings. The van der Waals surface area contributed by atoms with Gasteiger partial charge in [-0.25, -0.2) is 9.13 Å². The van der Waals surface area contributed by atoms with Crippen LogP contribution in [0.4, 0.5) is 0 Å². The monoisotopic (exact) mass is 1350 g/mol. The zero-order chi connectivity index (χ0) is 67.7. The van der Waals surface area contributed by atoms with E-state index in [9.17, 15) is 43.2 Å². The van der Waals surface area contributed by atoms with Gasteiger partial charge in [0.2, 0.25) is 0 Å². The largest absolute Gasteiger partial charge is 0.472 e. The minimum Gasteiger partial charge on any atom is -0.462 e. The number of phosphoric ester groups is 2. The Labute approximate surface area is 562 Å². The normalized spacial score (nSPS) is 14.0. The van der Waals surface area contributed by atoms with E-state index in [1.165, 1.54) is 205 Å². The number of carbonyl (C=O) groups is 4. The van der Waals surface area contributed by atoms with E-state index in [-0.39, 0.29) is 25.7 Å². The van der Waals surface area contributed by atoms with Crippen LogP contribution in [-0.4, -0.2) is 96.7 Å². The van der Waals surface area contributed by atoms with Crippen molar-refractivity contribution < 1.29 is 80.2 Å². The number of hydrogen-bond donors (Lipinski definition) is 3. The summed E-state index contributed by atoms with van der Waals surface area (Å²) >= 11 is 0. The predicted octanol–water partition coefficient (Wildman–Crippen LogP) is 21.3. The van der Waals surface area contributed by atoms with Crippen LogP contribution >= 0.6 is 15.6 Å². The van der Waals surface area contributed by atoms with Gasteiger partial charge in [-0.3, -0.25) is 37.3 Å². The van der Waals surface area contributed by atoms with Crippen LogP contribution in [0.5, 0.6) is 0 Å². The molecule has 0 aromatic rings. The molecule has 0 saturated heterocycles. The summed E-state index contributed by atoms with van der Waals surface area (Å²) in [6, 6.07) is 0. The summed E-state index contributed by atoms with van der Waals surface area (Å²) in [4.78, 5) is 72.6. The number of aliphatic hydroxyl groups is 1. The van der Waals surface area contributed by atoms with Gasteiger partial charge in [0.1, 0.15) is 19.3 Å². The van der Waals surface area contributed by atoms with Crippen molar-refractivity contribution in [3.05, 3.63) is 0 Å². The van der Waals surface area contributed by atoms with Crippen LogP contribution in [0.2, 0.25) is 0 Å². The number of rotatable bonds is 73. The Morgan fingerprint density at radius 1 is 0.293 bits per heavy atom. The van der Waals surface area contributed by atoms with Crippen LogP contribution in [0.15, 0.2) is 0 Å². The van der Waals surface area contributed by atoms with Crippen molar-refractivity contribution >= 4 is 39.5 Å². The number of ether oxygens (including phenoxy) is 4. The summed E-state index contributed by atoms with van der Waals surface area (Å²) in [6.45, 7) is 7.25. The van der Waals surface area contributed by atoms with E-state index in [0.29, 0.717) is 25.7 Å². The molecule has 0 rings (SSSR count). The molecule has 19 heteroatoms. The maximum Gasteiger partial charge on any atom is 0.472 e. The minimum absolute atomic E-state index is 0.107. The fourth-order valence-electron chi connectivity index (χ4n) is 11.2. The van der Waals surface area contributed by atoms with Gasteiger partial charge in [-0.15, -0.1) is 0 Å². The van der Waals surface area contributed by atoms with Gasteiger partial charge in [-0.05, 0) is 31.6 Å². The summed E-state index contributed by atoms with van der Waals surface area (Å²) in [6.07, 6.45) is 54.1. The highest BCUT2D eigenvalue weighted by Crippen LogP contribution is 2.45. The Morgan fingerprint density at radius 2 is 0.500 bits per heavy atom. The number of carbonyl (C=O) groups excluding carboxylic acids is 4. The van der Waals surface area contributed by atoms with Crippen molar-refractivity contribution in [2.24, 2.45) is 5.92 Å². The Bertz CT molecular complexity index is 1770. The van der Waals surface area contributed by atoms with Crippen molar-refractivity contribution in [2.75, 3.05) is 39.6 Å². The molecule has 3 N–H and O–H groups in total. The number of esters is 4. The quantitative estimate of drug-likeness (QED) is 0.0222. The highest BCUT2D eigenvalue weighted by molar-refractivity contribution is 7.47. The van der Waals surface area contributed by atoms with Crippen molar-refractivity contribution in [2.45, 2.75) is 400 Å². The third-order valence-corrected chi connectivity index (χ3v) is 18.9. The molecular weight excluding hydrogens is 1210 g/mol. The van der Waals surface area contributed by atoms with Gasteiger partial charge in [0, 0.05) is 25.7 Å². The molecule has 17 nitrogen and oxygen atoms in total. The van der Waals surface area contributed by atoms with E-state index in [4.69, 9.17) is 37.0 Å². The van der Waals surface area contributed by atoms with Crippen LogP contribution < -0.4 is 0 Å². The van der Waals surface area contributed by atoms with Gasteiger partial charge in [0.05, 0.1) is 26.4 Å². The molecule has 0 aromatic carbocycles. The van der Waals surface area contributed by atoms with E-state index < -0.39 is 97.5 Å². The van der Waals surface area contributed by atoms with Crippen molar-refractivity contribution in [3.8, 4) is 0 Å². The first-order valence-corrected chi connectivity index (χ1v) is 41.1. The molecule has 0 fully saturated rings. The third-order valence-electron chi connectivity index (χ3n) is 17.0. The third kappa shape index (κ3) is 66.7. The molecule has 0 radical (unpaired) electrons. The Morgan fingerprint density at radius 3 is 0.739 bits per heavy atom. The Hall–Kier alpha value is -1.94. The van der Waals surface area contributed by atoms with Crippen LogP contribution in [0.3, 0.4) is 0 Å². The molecule has 0 aromatic heterocycles. The molecule has 0 aliphatic carbocycles.